The number of benzene rings is 3. The molecule has 2 amide bonds. The van der Waals surface area contributed by atoms with Crippen LogP contribution in [-0.4, -0.2) is 46.8 Å². The molecule has 1 fully saturated rings. The lowest BCUT2D eigenvalue weighted by Crippen LogP contribution is -2.55. The minimum atomic E-state index is -0.650. The lowest BCUT2D eigenvalue weighted by Gasteiger charge is -2.40. The number of nitriles is 2. The van der Waals surface area contributed by atoms with Crippen molar-refractivity contribution in [2.45, 2.75) is 13.0 Å². The van der Waals surface area contributed by atoms with Crippen molar-refractivity contribution < 1.29 is 9.18 Å². The molecule has 2 heterocycles. The summed E-state index contributed by atoms with van der Waals surface area (Å²) in [5.74, 6) is 0.0841. The van der Waals surface area contributed by atoms with Crippen LogP contribution >= 0.6 is 0 Å². The van der Waals surface area contributed by atoms with E-state index in [0.29, 0.717) is 25.2 Å². The minimum absolute atomic E-state index is 0.0360. The fourth-order valence-corrected chi connectivity index (χ4v) is 4.56. The number of hydrogen-bond donors (Lipinski definition) is 1. The average molecular weight is 492 g/mol. The highest BCUT2D eigenvalue weighted by Gasteiger charge is 2.30. The number of halogens is 1. The maximum absolute atomic E-state index is 14.3. The number of hydrogen-bond acceptors (Lipinski definition) is 6. The number of nitrogens with one attached hydrogen (secondary N) is 1. The van der Waals surface area contributed by atoms with Gasteiger partial charge in [-0.3, -0.25) is 0 Å². The molecule has 1 N–H and O–H groups in total. The van der Waals surface area contributed by atoms with Gasteiger partial charge in [0.25, 0.3) is 0 Å². The van der Waals surface area contributed by atoms with Crippen LogP contribution in [0.15, 0.2) is 66.7 Å². The van der Waals surface area contributed by atoms with Gasteiger partial charge in [0.1, 0.15) is 11.5 Å². The number of aromatic nitrogens is 2. The van der Waals surface area contributed by atoms with Gasteiger partial charge in [-0.1, -0.05) is 36.4 Å². The summed E-state index contributed by atoms with van der Waals surface area (Å²) in [6, 6.07) is 22.5. The van der Waals surface area contributed by atoms with Gasteiger partial charge in [0.15, 0.2) is 5.82 Å². The Kier molecular flexibility index (Phi) is 6.36. The fourth-order valence-electron chi connectivity index (χ4n) is 4.56. The number of amides is 2. The Labute approximate surface area is 213 Å². The summed E-state index contributed by atoms with van der Waals surface area (Å²) >= 11 is 0. The Morgan fingerprint density at radius 2 is 1.68 bits per heavy atom. The zero-order valence-corrected chi connectivity index (χ0v) is 20.0. The molecule has 1 aromatic heterocycles. The van der Waals surface area contributed by atoms with Crippen LogP contribution in [0.2, 0.25) is 0 Å². The lowest BCUT2D eigenvalue weighted by atomic mass is 10.0. The molecule has 37 heavy (non-hydrogen) atoms. The van der Waals surface area contributed by atoms with Crippen molar-refractivity contribution in [3.63, 3.8) is 0 Å². The number of carbonyl (C=O) groups is 1. The van der Waals surface area contributed by atoms with Crippen LogP contribution in [0, 0.1) is 28.5 Å². The summed E-state index contributed by atoms with van der Waals surface area (Å²) in [5.41, 5.74) is 2.42. The van der Waals surface area contributed by atoms with Crippen LogP contribution in [0.4, 0.5) is 20.7 Å². The third kappa shape index (κ3) is 4.63. The van der Waals surface area contributed by atoms with Gasteiger partial charge in [-0.15, -0.1) is 10.2 Å². The van der Waals surface area contributed by atoms with E-state index in [0.717, 1.165) is 33.9 Å². The molecular formula is C28H22FN7O. The van der Waals surface area contributed by atoms with Crippen LogP contribution in [-0.2, 0) is 0 Å². The summed E-state index contributed by atoms with van der Waals surface area (Å²) in [4.78, 5) is 16.7. The molecule has 0 bridgehead atoms. The molecule has 182 valence electrons. The van der Waals surface area contributed by atoms with Crippen molar-refractivity contribution in [1.82, 2.24) is 15.1 Å². The van der Waals surface area contributed by atoms with E-state index < -0.39 is 11.8 Å². The Morgan fingerprint density at radius 1 is 0.973 bits per heavy atom. The maximum Gasteiger partial charge on any atom is 0.322 e. The number of carbonyl (C=O) groups excluding carboxylic acids is 1. The minimum Gasteiger partial charge on any atom is -0.351 e. The zero-order valence-electron chi connectivity index (χ0n) is 20.0. The second kappa shape index (κ2) is 9.92. The molecule has 4 aromatic rings. The number of rotatable bonds is 3. The van der Waals surface area contributed by atoms with Gasteiger partial charge in [-0.05, 0) is 37.3 Å². The Bertz CT molecular complexity index is 1570. The molecule has 1 unspecified atom stereocenters. The molecule has 8 nitrogen and oxygen atoms in total. The number of urea groups is 1. The van der Waals surface area contributed by atoms with E-state index in [2.05, 4.69) is 26.5 Å². The van der Waals surface area contributed by atoms with Gasteiger partial charge < -0.3 is 15.1 Å². The first-order valence-corrected chi connectivity index (χ1v) is 11.8. The highest BCUT2D eigenvalue weighted by Crippen LogP contribution is 2.32. The second-order valence-electron chi connectivity index (χ2n) is 8.83. The van der Waals surface area contributed by atoms with E-state index in [1.165, 1.54) is 12.1 Å². The summed E-state index contributed by atoms with van der Waals surface area (Å²) < 4.78 is 14.3. The van der Waals surface area contributed by atoms with E-state index in [-0.39, 0.29) is 17.3 Å². The van der Waals surface area contributed by atoms with Gasteiger partial charge in [0.05, 0.1) is 29.0 Å². The Balaban J connectivity index is 1.36. The van der Waals surface area contributed by atoms with Gasteiger partial charge in [0.2, 0.25) is 0 Å². The summed E-state index contributed by atoms with van der Waals surface area (Å²) in [5, 5.41) is 31.6. The summed E-state index contributed by atoms with van der Waals surface area (Å²) in [7, 11) is 0. The number of anilines is 2. The molecule has 1 atom stereocenters. The van der Waals surface area contributed by atoms with E-state index in [1.54, 1.807) is 17.0 Å². The standard InChI is InChI=1S/C28H22FN7O/c1-18-17-35(12-13-36(18)28(37)32-25-11-8-20(16-31)14-24(25)29)27-23-5-3-2-4-22(23)26(33-34-27)21-9-6-19(15-30)7-10-21/h2-11,14,18H,12-13,17H2,1H3,(H,32,37). The quantitative estimate of drug-likeness (QED) is 0.436. The number of fused-ring (bicyclic) bond motifs is 1. The smallest absolute Gasteiger partial charge is 0.322 e. The molecular weight excluding hydrogens is 469 g/mol. The van der Waals surface area contributed by atoms with Gasteiger partial charge in [-0.25, -0.2) is 9.18 Å². The van der Waals surface area contributed by atoms with Crippen molar-refractivity contribution in [3.05, 3.63) is 83.7 Å². The first-order chi connectivity index (χ1) is 18.0. The van der Waals surface area contributed by atoms with Crippen LogP contribution in [0.5, 0.6) is 0 Å². The van der Waals surface area contributed by atoms with E-state index >= 15 is 0 Å². The van der Waals surface area contributed by atoms with E-state index in [1.807, 2.05) is 49.4 Å². The first-order valence-electron chi connectivity index (χ1n) is 11.8. The number of nitrogens with zero attached hydrogens (tertiary/aromatic N) is 6. The topological polar surface area (TPSA) is 109 Å². The van der Waals surface area contributed by atoms with Crippen LogP contribution in [0.3, 0.4) is 0 Å². The number of piperazine rings is 1. The fraction of sp³-hybridized carbons (Fsp3) is 0.179. The first kappa shape index (κ1) is 23.7. The molecule has 9 heteroatoms. The normalized spacial score (nSPS) is 15.2. The molecule has 0 aliphatic carbocycles. The highest BCUT2D eigenvalue weighted by atomic mass is 19.1. The van der Waals surface area contributed by atoms with Crippen molar-refractivity contribution in [3.8, 4) is 23.4 Å². The highest BCUT2D eigenvalue weighted by molar-refractivity contribution is 6.00. The SMILES string of the molecule is CC1CN(c2nnc(-c3ccc(C#N)cc3)c3ccccc23)CCN1C(=O)Nc1ccc(C#N)cc1F. The maximum atomic E-state index is 14.3. The lowest BCUT2D eigenvalue weighted by molar-refractivity contribution is 0.184. The third-order valence-corrected chi connectivity index (χ3v) is 6.48. The molecule has 3 aromatic carbocycles. The largest absolute Gasteiger partial charge is 0.351 e. The van der Waals surface area contributed by atoms with Crippen LogP contribution < -0.4 is 10.2 Å². The molecule has 0 radical (unpaired) electrons. The Hall–Kier alpha value is -5.02. The molecule has 5 rings (SSSR count). The van der Waals surface area contributed by atoms with Gasteiger partial charge in [-0.2, -0.15) is 10.5 Å². The van der Waals surface area contributed by atoms with Crippen molar-refractivity contribution in [1.29, 1.82) is 10.5 Å². The predicted molar refractivity (Wildman–Crippen MR) is 138 cm³/mol. The van der Waals surface area contributed by atoms with E-state index in [9.17, 15) is 9.18 Å². The van der Waals surface area contributed by atoms with Crippen molar-refractivity contribution in [2.24, 2.45) is 0 Å². The summed E-state index contributed by atoms with van der Waals surface area (Å²) in [6.07, 6.45) is 0. The molecule has 1 aliphatic heterocycles. The molecule has 0 saturated carbocycles. The summed E-state index contributed by atoms with van der Waals surface area (Å²) in [6.45, 7) is 3.40. The van der Waals surface area contributed by atoms with Crippen molar-refractivity contribution in [2.75, 3.05) is 29.9 Å². The molecule has 0 spiro atoms. The predicted octanol–water partition coefficient (Wildman–Crippen LogP) is 4.92. The van der Waals surface area contributed by atoms with Crippen LogP contribution in [0.25, 0.3) is 22.0 Å². The molecule has 1 aliphatic rings. The third-order valence-electron chi connectivity index (χ3n) is 6.48. The molecule has 1 saturated heterocycles. The Morgan fingerprint density at radius 3 is 2.35 bits per heavy atom. The second-order valence-corrected chi connectivity index (χ2v) is 8.83. The van der Waals surface area contributed by atoms with Gasteiger partial charge >= 0.3 is 6.03 Å². The monoisotopic (exact) mass is 491 g/mol. The van der Waals surface area contributed by atoms with Crippen LogP contribution in [0.1, 0.15) is 18.1 Å². The average Bonchev–Trinajstić information content (AvgIpc) is 2.93. The van der Waals surface area contributed by atoms with Gasteiger partial charge in [0, 0.05) is 42.0 Å². The van der Waals surface area contributed by atoms with Crippen molar-refractivity contribution >= 4 is 28.3 Å². The zero-order chi connectivity index (χ0) is 25.9. The van der Waals surface area contributed by atoms with E-state index in [4.69, 9.17) is 10.5 Å².